The van der Waals surface area contributed by atoms with Gasteiger partial charge in [0.05, 0.1) is 6.10 Å². The Morgan fingerprint density at radius 3 is 3.00 bits per heavy atom. The van der Waals surface area contributed by atoms with Crippen molar-refractivity contribution in [2.75, 3.05) is 19.6 Å². The first-order valence-corrected chi connectivity index (χ1v) is 3.26. The summed E-state index contributed by atoms with van der Waals surface area (Å²) in [4.78, 5) is 2.13. The summed E-state index contributed by atoms with van der Waals surface area (Å²) in [6.07, 6.45) is 2.40. The fourth-order valence-corrected chi connectivity index (χ4v) is 1.13. The Bertz CT molecular complexity index is 103. The number of hydrogen-bond acceptors (Lipinski definition) is 2. The van der Waals surface area contributed by atoms with Gasteiger partial charge in [0.2, 0.25) is 0 Å². The lowest BCUT2D eigenvalue weighted by Gasteiger charge is -2.09. The van der Waals surface area contributed by atoms with E-state index in [4.69, 9.17) is 11.7 Å². The fraction of sp³-hybridized carbons (Fsp3) is 0.714. The van der Waals surface area contributed by atoms with Crippen molar-refractivity contribution in [2.45, 2.75) is 12.5 Å². The number of nitrogens with zero attached hydrogens (tertiary/aromatic N) is 1. The molecule has 1 rings (SSSR count). The van der Waals surface area contributed by atoms with E-state index in [2.05, 4.69) is 4.90 Å². The first kappa shape index (κ1) is 6.78. The summed E-state index contributed by atoms with van der Waals surface area (Å²) >= 11 is 0. The van der Waals surface area contributed by atoms with Crippen LogP contribution in [0.15, 0.2) is 6.08 Å². The summed E-state index contributed by atoms with van der Waals surface area (Å²) in [5.74, 6) is 0. The standard InChI is InChI=1S/C7H12NO/c1-2-4-8-5-3-7(9)6-8/h1-2,7,9H,3-6H2/t7-/m0/s1. The molecule has 1 atom stereocenters. The van der Waals surface area contributed by atoms with Gasteiger partial charge in [0.1, 0.15) is 0 Å². The fourth-order valence-electron chi connectivity index (χ4n) is 1.13. The van der Waals surface area contributed by atoms with Crippen molar-refractivity contribution >= 4 is 0 Å². The lowest BCUT2D eigenvalue weighted by Crippen LogP contribution is -2.21. The molecular formula is C7H12NO. The third-order valence-corrected chi connectivity index (χ3v) is 1.61. The maximum atomic E-state index is 9.03. The topological polar surface area (TPSA) is 23.5 Å². The lowest BCUT2D eigenvalue weighted by atomic mass is 10.3. The summed E-state index contributed by atoms with van der Waals surface area (Å²) in [6.45, 7) is 7.77. The van der Waals surface area contributed by atoms with Gasteiger partial charge in [-0.05, 0) is 6.42 Å². The highest BCUT2D eigenvalue weighted by atomic mass is 16.3. The first-order valence-electron chi connectivity index (χ1n) is 3.26. The molecule has 2 heteroatoms. The van der Waals surface area contributed by atoms with E-state index >= 15 is 0 Å². The second-order valence-corrected chi connectivity index (χ2v) is 2.44. The molecule has 0 aromatic carbocycles. The largest absolute Gasteiger partial charge is 0.392 e. The van der Waals surface area contributed by atoms with Crippen molar-refractivity contribution in [3.63, 3.8) is 0 Å². The minimum Gasteiger partial charge on any atom is -0.392 e. The summed E-state index contributed by atoms with van der Waals surface area (Å²) in [7, 11) is 0. The molecule has 1 fully saturated rings. The Kier molecular flexibility index (Phi) is 2.25. The molecule has 1 N–H and O–H groups in total. The van der Waals surface area contributed by atoms with Crippen LogP contribution in [-0.2, 0) is 0 Å². The molecule has 1 radical (unpaired) electrons. The second-order valence-electron chi connectivity index (χ2n) is 2.44. The van der Waals surface area contributed by atoms with Crippen molar-refractivity contribution < 1.29 is 5.11 Å². The maximum absolute atomic E-state index is 9.03. The highest BCUT2D eigenvalue weighted by Gasteiger charge is 2.17. The average Bonchev–Trinajstić information content (AvgIpc) is 2.17. The predicted molar refractivity (Wildman–Crippen MR) is 35.9 cm³/mol. The number of aliphatic hydroxyl groups excluding tert-OH is 1. The lowest BCUT2D eigenvalue weighted by molar-refractivity contribution is 0.179. The van der Waals surface area contributed by atoms with Gasteiger partial charge in [-0.1, -0.05) is 12.7 Å². The molecule has 0 unspecified atom stereocenters. The average molecular weight is 126 g/mol. The number of aliphatic hydroxyl groups is 1. The van der Waals surface area contributed by atoms with E-state index < -0.39 is 0 Å². The van der Waals surface area contributed by atoms with Crippen LogP contribution >= 0.6 is 0 Å². The van der Waals surface area contributed by atoms with Crippen LogP contribution < -0.4 is 0 Å². The van der Waals surface area contributed by atoms with Crippen molar-refractivity contribution in [2.24, 2.45) is 0 Å². The van der Waals surface area contributed by atoms with Gasteiger partial charge >= 0.3 is 0 Å². The van der Waals surface area contributed by atoms with Crippen LogP contribution in [0.5, 0.6) is 0 Å². The molecule has 0 aromatic heterocycles. The highest BCUT2D eigenvalue weighted by molar-refractivity contribution is 4.79. The summed E-state index contributed by atoms with van der Waals surface area (Å²) < 4.78 is 0. The molecule has 0 bridgehead atoms. The molecule has 1 aliphatic rings. The Balaban J connectivity index is 2.21. The maximum Gasteiger partial charge on any atom is 0.0679 e. The molecule has 51 valence electrons. The molecule has 1 heterocycles. The molecule has 0 saturated carbocycles. The summed E-state index contributed by atoms with van der Waals surface area (Å²) in [5, 5.41) is 9.03. The van der Waals surface area contributed by atoms with Crippen LogP contribution in [0.1, 0.15) is 6.42 Å². The van der Waals surface area contributed by atoms with Crippen LogP contribution in [-0.4, -0.2) is 35.7 Å². The Morgan fingerprint density at radius 1 is 1.78 bits per heavy atom. The molecule has 1 saturated heterocycles. The molecule has 1 aliphatic heterocycles. The molecular weight excluding hydrogens is 114 g/mol. The van der Waals surface area contributed by atoms with E-state index in [-0.39, 0.29) is 6.10 Å². The van der Waals surface area contributed by atoms with Gasteiger partial charge in [-0.25, -0.2) is 0 Å². The molecule has 9 heavy (non-hydrogen) atoms. The van der Waals surface area contributed by atoms with Crippen molar-refractivity contribution in [1.29, 1.82) is 0 Å². The molecule has 0 aliphatic carbocycles. The van der Waals surface area contributed by atoms with E-state index in [1.807, 2.05) is 0 Å². The van der Waals surface area contributed by atoms with E-state index in [1.54, 1.807) is 6.08 Å². The van der Waals surface area contributed by atoms with Gasteiger partial charge in [0, 0.05) is 19.6 Å². The van der Waals surface area contributed by atoms with Gasteiger partial charge in [0.25, 0.3) is 0 Å². The van der Waals surface area contributed by atoms with Gasteiger partial charge in [-0.15, -0.1) is 0 Å². The van der Waals surface area contributed by atoms with Crippen LogP contribution in [0.25, 0.3) is 0 Å². The third kappa shape index (κ3) is 1.80. The molecule has 0 spiro atoms. The van der Waals surface area contributed by atoms with E-state index in [0.717, 1.165) is 26.1 Å². The highest BCUT2D eigenvalue weighted by Crippen LogP contribution is 2.07. The third-order valence-electron chi connectivity index (χ3n) is 1.61. The Morgan fingerprint density at radius 2 is 2.56 bits per heavy atom. The molecule has 0 amide bonds. The van der Waals surface area contributed by atoms with Crippen LogP contribution in [0.3, 0.4) is 0 Å². The zero-order chi connectivity index (χ0) is 6.69. The monoisotopic (exact) mass is 126 g/mol. The van der Waals surface area contributed by atoms with E-state index in [9.17, 15) is 0 Å². The summed E-state index contributed by atoms with van der Waals surface area (Å²) in [6, 6.07) is 0. The normalized spacial score (nSPS) is 28.8. The zero-order valence-corrected chi connectivity index (χ0v) is 5.45. The quantitative estimate of drug-likeness (QED) is 0.565. The number of hydrogen-bond donors (Lipinski definition) is 1. The van der Waals surface area contributed by atoms with Gasteiger partial charge in [-0.2, -0.15) is 0 Å². The summed E-state index contributed by atoms with van der Waals surface area (Å²) in [5.41, 5.74) is 0. The zero-order valence-electron chi connectivity index (χ0n) is 5.45. The number of β-amino-alcohol motifs (C(OH)–C–C–N with tert-alkyl or cyclic N) is 1. The van der Waals surface area contributed by atoms with Crippen molar-refractivity contribution in [3.8, 4) is 0 Å². The second kappa shape index (κ2) is 2.99. The van der Waals surface area contributed by atoms with Gasteiger partial charge < -0.3 is 5.11 Å². The number of likely N-dealkylation sites (tertiary alicyclic amines) is 1. The van der Waals surface area contributed by atoms with Gasteiger partial charge in [0.15, 0.2) is 0 Å². The predicted octanol–water partition coefficient (Wildman–Crippen LogP) is 0.0422. The van der Waals surface area contributed by atoms with Crippen molar-refractivity contribution in [3.05, 3.63) is 12.7 Å². The minimum atomic E-state index is -0.120. The van der Waals surface area contributed by atoms with Crippen LogP contribution in [0.2, 0.25) is 0 Å². The van der Waals surface area contributed by atoms with Crippen molar-refractivity contribution in [1.82, 2.24) is 4.90 Å². The minimum absolute atomic E-state index is 0.120. The first-order chi connectivity index (χ1) is 4.33. The van der Waals surface area contributed by atoms with E-state index in [0.29, 0.717) is 0 Å². The van der Waals surface area contributed by atoms with Crippen LogP contribution in [0, 0.1) is 6.58 Å². The van der Waals surface area contributed by atoms with Gasteiger partial charge in [-0.3, -0.25) is 4.90 Å². The molecule has 2 nitrogen and oxygen atoms in total. The van der Waals surface area contributed by atoms with Crippen LogP contribution in [0.4, 0.5) is 0 Å². The Labute approximate surface area is 55.8 Å². The Hall–Kier alpha value is -0.340. The molecule has 0 aromatic rings. The van der Waals surface area contributed by atoms with E-state index in [1.165, 1.54) is 0 Å². The number of rotatable bonds is 2. The SMILES string of the molecule is [CH]=CCN1CC[C@H](O)C1. The smallest absolute Gasteiger partial charge is 0.0679 e.